The highest BCUT2D eigenvalue weighted by Gasteiger charge is 2.09. The second-order valence-corrected chi connectivity index (χ2v) is 6.03. The summed E-state index contributed by atoms with van der Waals surface area (Å²) in [5, 5.41) is 1.27. The van der Waals surface area contributed by atoms with Crippen LogP contribution < -0.4 is 5.73 Å². The predicted octanol–water partition coefficient (Wildman–Crippen LogP) is 3.91. The Morgan fingerprint density at radius 2 is 2.17 bits per heavy atom. The molecule has 18 heavy (non-hydrogen) atoms. The number of benzene rings is 1. The van der Waals surface area contributed by atoms with Gasteiger partial charge in [0.1, 0.15) is 0 Å². The molecular formula is C15H22N2S. The molecule has 2 rings (SSSR count). The summed E-state index contributed by atoms with van der Waals surface area (Å²) in [4.78, 5) is 4.77. The van der Waals surface area contributed by atoms with Crippen molar-refractivity contribution in [1.82, 2.24) is 4.98 Å². The van der Waals surface area contributed by atoms with Gasteiger partial charge in [0.05, 0.1) is 15.2 Å². The predicted molar refractivity (Wildman–Crippen MR) is 80.1 cm³/mol. The van der Waals surface area contributed by atoms with Gasteiger partial charge in [-0.2, -0.15) is 0 Å². The first-order valence-corrected chi connectivity index (χ1v) is 7.61. The lowest BCUT2D eigenvalue weighted by atomic mass is 9.97. The van der Waals surface area contributed by atoms with Gasteiger partial charge in [0, 0.05) is 0 Å². The van der Waals surface area contributed by atoms with E-state index in [4.69, 9.17) is 10.7 Å². The van der Waals surface area contributed by atoms with Crippen LogP contribution in [-0.4, -0.2) is 11.5 Å². The van der Waals surface area contributed by atoms with E-state index in [1.54, 1.807) is 0 Å². The van der Waals surface area contributed by atoms with Crippen LogP contribution in [0.15, 0.2) is 18.2 Å². The number of hydrogen-bond acceptors (Lipinski definition) is 3. The standard InChI is InChI=1S/C15H22N2S/c1-3-12(9-10-16)7-8-14-17-15-11(2)5-4-6-13(15)18-14/h4-6,12H,3,7-10,16H2,1-2H3. The average Bonchev–Trinajstić information content (AvgIpc) is 2.79. The molecule has 0 radical (unpaired) electrons. The molecule has 1 heterocycles. The van der Waals surface area contributed by atoms with E-state index in [0.717, 1.165) is 25.3 Å². The molecule has 0 aliphatic carbocycles. The molecule has 1 atom stereocenters. The van der Waals surface area contributed by atoms with Crippen LogP contribution in [-0.2, 0) is 6.42 Å². The van der Waals surface area contributed by atoms with Gasteiger partial charge >= 0.3 is 0 Å². The summed E-state index contributed by atoms with van der Waals surface area (Å²) >= 11 is 1.84. The molecule has 1 aromatic carbocycles. The molecule has 0 amide bonds. The highest BCUT2D eigenvalue weighted by molar-refractivity contribution is 7.18. The molecule has 0 saturated carbocycles. The minimum absolute atomic E-state index is 0.753. The van der Waals surface area contributed by atoms with Gasteiger partial charge in [-0.1, -0.05) is 25.5 Å². The SMILES string of the molecule is CCC(CCN)CCc1nc2c(C)cccc2s1. The van der Waals surface area contributed by atoms with Crippen molar-refractivity contribution in [2.45, 2.75) is 39.5 Å². The third-order valence-corrected chi connectivity index (χ3v) is 4.66. The normalized spacial score (nSPS) is 13.1. The van der Waals surface area contributed by atoms with Gasteiger partial charge in [-0.3, -0.25) is 0 Å². The Bertz CT molecular complexity index is 504. The molecule has 0 bridgehead atoms. The van der Waals surface area contributed by atoms with Crippen LogP contribution in [0.2, 0.25) is 0 Å². The zero-order valence-electron chi connectivity index (χ0n) is 11.3. The quantitative estimate of drug-likeness (QED) is 0.857. The number of hydrogen-bond donors (Lipinski definition) is 1. The van der Waals surface area contributed by atoms with E-state index in [1.165, 1.54) is 33.6 Å². The van der Waals surface area contributed by atoms with E-state index in [-0.39, 0.29) is 0 Å². The lowest BCUT2D eigenvalue weighted by molar-refractivity contribution is 0.443. The zero-order valence-corrected chi connectivity index (χ0v) is 12.1. The minimum Gasteiger partial charge on any atom is -0.330 e. The highest BCUT2D eigenvalue weighted by Crippen LogP contribution is 2.26. The molecule has 0 aliphatic rings. The largest absolute Gasteiger partial charge is 0.330 e. The van der Waals surface area contributed by atoms with E-state index in [2.05, 4.69) is 32.0 Å². The van der Waals surface area contributed by atoms with Crippen LogP contribution in [0, 0.1) is 12.8 Å². The van der Waals surface area contributed by atoms with Crippen LogP contribution in [0.3, 0.4) is 0 Å². The van der Waals surface area contributed by atoms with Crippen molar-refractivity contribution in [3.63, 3.8) is 0 Å². The van der Waals surface area contributed by atoms with Crippen molar-refractivity contribution in [3.8, 4) is 0 Å². The van der Waals surface area contributed by atoms with Gasteiger partial charge in [0.2, 0.25) is 0 Å². The van der Waals surface area contributed by atoms with Crippen molar-refractivity contribution in [1.29, 1.82) is 0 Å². The number of nitrogens with two attached hydrogens (primary N) is 1. The average molecular weight is 262 g/mol. The monoisotopic (exact) mass is 262 g/mol. The zero-order chi connectivity index (χ0) is 13.0. The second kappa shape index (κ2) is 6.30. The van der Waals surface area contributed by atoms with E-state index in [9.17, 15) is 0 Å². The summed E-state index contributed by atoms with van der Waals surface area (Å²) in [6.07, 6.45) is 4.67. The molecule has 98 valence electrons. The summed E-state index contributed by atoms with van der Waals surface area (Å²) in [6.45, 7) is 5.19. The Morgan fingerprint density at radius 1 is 1.33 bits per heavy atom. The number of aromatic nitrogens is 1. The maximum absolute atomic E-state index is 5.64. The van der Waals surface area contributed by atoms with Gasteiger partial charge < -0.3 is 5.73 Å². The van der Waals surface area contributed by atoms with E-state index >= 15 is 0 Å². The maximum atomic E-state index is 5.64. The second-order valence-electron chi connectivity index (χ2n) is 4.92. The van der Waals surface area contributed by atoms with Crippen molar-refractivity contribution >= 4 is 21.6 Å². The number of rotatable bonds is 6. The number of thiazole rings is 1. The number of aryl methyl sites for hydroxylation is 2. The highest BCUT2D eigenvalue weighted by atomic mass is 32.1. The summed E-state index contributed by atoms with van der Waals surface area (Å²) in [5.41, 5.74) is 8.11. The molecule has 0 aliphatic heterocycles. The summed E-state index contributed by atoms with van der Waals surface area (Å²) in [5.74, 6) is 0.753. The summed E-state index contributed by atoms with van der Waals surface area (Å²) < 4.78 is 1.32. The molecule has 2 N–H and O–H groups in total. The Hall–Kier alpha value is -0.930. The molecule has 1 unspecified atom stereocenters. The first-order chi connectivity index (χ1) is 8.74. The summed E-state index contributed by atoms with van der Waals surface area (Å²) in [7, 11) is 0. The lowest BCUT2D eigenvalue weighted by Gasteiger charge is -2.11. The van der Waals surface area contributed by atoms with E-state index in [1.807, 2.05) is 11.3 Å². The van der Waals surface area contributed by atoms with Crippen LogP contribution in [0.4, 0.5) is 0 Å². The number of para-hydroxylation sites is 1. The fourth-order valence-electron chi connectivity index (χ4n) is 2.35. The number of fused-ring (bicyclic) bond motifs is 1. The Kier molecular flexibility index (Phi) is 4.72. The smallest absolute Gasteiger partial charge is 0.0938 e. The molecule has 0 fully saturated rings. The van der Waals surface area contributed by atoms with Crippen LogP contribution in [0.25, 0.3) is 10.2 Å². The van der Waals surface area contributed by atoms with Crippen LogP contribution in [0.1, 0.15) is 36.8 Å². The molecule has 2 aromatic rings. The molecule has 2 nitrogen and oxygen atoms in total. The number of nitrogens with zero attached hydrogens (tertiary/aromatic N) is 1. The van der Waals surface area contributed by atoms with Crippen LogP contribution in [0.5, 0.6) is 0 Å². The van der Waals surface area contributed by atoms with E-state index < -0.39 is 0 Å². The lowest BCUT2D eigenvalue weighted by Crippen LogP contribution is -2.08. The van der Waals surface area contributed by atoms with Gasteiger partial charge in [-0.25, -0.2) is 4.98 Å². The van der Waals surface area contributed by atoms with Crippen molar-refractivity contribution in [2.24, 2.45) is 11.7 Å². The molecular weight excluding hydrogens is 240 g/mol. The third-order valence-electron chi connectivity index (χ3n) is 3.58. The van der Waals surface area contributed by atoms with Gasteiger partial charge in [-0.15, -0.1) is 11.3 Å². The topological polar surface area (TPSA) is 38.9 Å². The molecule has 0 saturated heterocycles. The van der Waals surface area contributed by atoms with E-state index in [0.29, 0.717) is 0 Å². The maximum Gasteiger partial charge on any atom is 0.0938 e. The fourth-order valence-corrected chi connectivity index (χ4v) is 3.42. The van der Waals surface area contributed by atoms with Gasteiger partial charge in [0.25, 0.3) is 0 Å². The molecule has 1 aromatic heterocycles. The Morgan fingerprint density at radius 3 is 2.83 bits per heavy atom. The minimum atomic E-state index is 0.753. The van der Waals surface area contributed by atoms with Crippen molar-refractivity contribution < 1.29 is 0 Å². The molecule has 0 spiro atoms. The first kappa shape index (κ1) is 13.5. The molecule has 3 heteroatoms. The Labute approximate surface area is 113 Å². The van der Waals surface area contributed by atoms with Crippen LogP contribution >= 0.6 is 11.3 Å². The van der Waals surface area contributed by atoms with Gasteiger partial charge in [0.15, 0.2) is 0 Å². The summed E-state index contributed by atoms with van der Waals surface area (Å²) in [6, 6.07) is 6.42. The fraction of sp³-hybridized carbons (Fsp3) is 0.533. The third kappa shape index (κ3) is 3.09. The van der Waals surface area contributed by atoms with Gasteiger partial charge in [-0.05, 0) is 50.3 Å². The Balaban J connectivity index is 2.06. The first-order valence-electron chi connectivity index (χ1n) is 6.79. The van der Waals surface area contributed by atoms with Crippen molar-refractivity contribution in [2.75, 3.05) is 6.54 Å². The van der Waals surface area contributed by atoms with Crippen molar-refractivity contribution in [3.05, 3.63) is 28.8 Å².